The standard InChI is InChI=1S/C13H15N3O2/c1-16-12(11(8-15-16)13(17)18)9-14-7-10-5-3-2-4-6-10/h2-6,8,14H,7,9H2,1H3,(H,17,18). The van der Waals surface area contributed by atoms with Gasteiger partial charge in [-0.05, 0) is 5.56 Å². The number of rotatable bonds is 5. The van der Waals surface area contributed by atoms with E-state index < -0.39 is 5.97 Å². The van der Waals surface area contributed by atoms with Gasteiger partial charge in [0.25, 0.3) is 0 Å². The summed E-state index contributed by atoms with van der Waals surface area (Å²) in [5.74, 6) is -0.945. The first-order valence-corrected chi connectivity index (χ1v) is 5.67. The second kappa shape index (κ2) is 5.46. The average molecular weight is 245 g/mol. The fourth-order valence-corrected chi connectivity index (χ4v) is 1.77. The van der Waals surface area contributed by atoms with Crippen LogP contribution in [-0.4, -0.2) is 20.9 Å². The van der Waals surface area contributed by atoms with E-state index in [0.29, 0.717) is 18.8 Å². The van der Waals surface area contributed by atoms with Crippen LogP contribution in [0.5, 0.6) is 0 Å². The molecule has 5 nitrogen and oxygen atoms in total. The van der Waals surface area contributed by atoms with Gasteiger partial charge in [-0.3, -0.25) is 4.68 Å². The summed E-state index contributed by atoms with van der Waals surface area (Å²) in [4.78, 5) is 11.0. The molecule has 94 valence electrons. The summed E-state index contributed by atoms with van der Waals surface area (Å²) in [5.41, 5.74) is 2.09. The van der Waals surface area contributed by atoms with Crippen molar-refractivity contribution >= 4 is 5.97 Å². The van der Waals surface area contributed by atoms with E-state index >= 15 is 0 Å². The second-order valence-electron chi connectivity index (χ2n) is 4.02. The van der Waals surface area contributed by atoms with Gasteiger partial charge in [-0.15, -0.1) is 0 Å². The Morgan fingerprint density at radius 3 is 2.72 bits per heavy atom. The quantitative estimate of drug-likeness (QED) is 0.835. The number of nitrogens with zero attached hydrogens (tertiary/aromatic N) is 2. The van der Waals surface area contributed by atoms with Gasteiger partial charge in [0.05, 0.1) is 11.9 Å². The van der Waals surface area contributed by atoms with Crippen LogP contribution >= 0.6 is 0 Å². The Kier molecular flexibility index (Phi) is 3.74. The fourth-order valence-electron chi connectivity index (χ4n) is 1.77. The maximum absolute atomic E-state index is 11.0. The number of nitrogens with one attached hydrogen (secondary N) is 1. The van der Waals surface area contributed by atoms with Gasteiger partial charge in [0.15, 0.2) is 0 Å². The van der Waals surface area contributed by atoms with Gasteiger partial charge in [-0.2, -0.15) is 5.10 Å². The first-order valence-electron chi connectivity index (χ1n) is 5.67. The summed E-state index contributed by atoms with van der Waals surface area (Å²) >= 11 is 0. The molecule has 0 radical (unpaired) electrons. The molecule has 0 aliphatic heterocycles. The van der Waals surface area contributed by atoms with Gasteiger partial charge in [-0.1, -0.05) is 30.3 Å². The molecule has 0 fully saturated rings. The van der Waals surface area contributed by atoms with Crippen LogP contribution in [0.25, 0.3) is 0 Å². The summed E-state index contributed by atoms with van der Waals surface area (Å²) in [6.45, 7) is 1.18. The number of aryl methyl sites for hydroxylation is 1. The smallest absolute Gasteiger partial charge is 0.339 e. The molecule has 1 heterocycles. The molecule has 0 amide bonds. The molecular weight excluding hydrogens is 230 g/mol. The minimum atomic E-state index is -0.945. The maximum atomic E-state index is 11.0. The molecule has 2 aromatic rings. The largest absolute Gasteiger partial charge is 0.478 e. The van der Waals surface area contributed by atoms with Crippen molar-refractivity contribution in [3.63, 3.8) is 0 Å². The van der Waals surface area contributed by atoms with Crippen LogP contribution < -0.4 is 5.32 Å². The lowest BCUT2D eigenvalue weighted by molar-refractivity contribution is 0.0695. The van der Waals surface area contributed by atoms with Gasteiger partial charge in [0.2, 0.25) is 0 Å². The van der Waals surface area contributed by atoms with E-state index in [2.05, 4.69) is 10.4 Å². The van der Waals surface area contributed by atoms with Crippen molar-refractivity contribution in [1.29, 1.82) is 0 Å². The highest BCUT2D eigenvalue weighted by Crippen LogP contribution is 2.07. The molecule has 0 spiro atoms. The van der Waals surface area contributed by atoms with Gasteiger partial charge >= 0.3 is 5.97 Å². The zero-order valence-corrected chi connectivity index (χ0v) is 10.1. The van der Waals surface area contributed by atoms with Crippen LogP contribution in [0.1, 0.15) is 21.6 Å². The summed E-state index contributed by atoms with van der Waals surface area (Å²) in [6.07, 6.45) is 1.38. The number of carboxylic acid groups (broad SMARTS) is 1. The normalized spacial score (nSPS) is 10.5. The number of benzene rings is 1. The van der Waals surface area contributed by atoms with Crippen LogP contribution in [0.15, 0.2) is 36.5 Å². The molecule has 18 heavy (non-hydrogen) atoms. The molecule has 5 heteroatoms. The van der Waals surface area contributed by atoms with E-state index in [1.807, 2.05) is 30.3 Å². The molecule has 1 aromatic carbocycles. The van der Waals surface area contributed by atoms with E-state index in [1.165, 1.54) is 6.20 Å². The number of hydrogen-bond acceptors (Lipinski definition) is 3. The third kappa shape index (κ3) is 2.75. The number of carboxylic acids is 1. The van der Waals surface area contributed by atoms with Crippen LogP contribution in [0.2, 0.25) is 0 Å². The SMILES string of the molecule is Cn1ncc(C(=O)O)c1CNCc1ccccc1. The Bertz CT molecular complexity index is 534. The molecular formula is C13H15N3O2. The lowest BCUT2D eigenvalue weighted by Gasteiger charge is -2.06. The highest BCUT2D eigenvalue weighted by Gasteiger charge is 2.14. The molecule has 2 rings (SSSR count). The van der Waals surface area contributed by atoms with Crippen LogP contribution in [-0.2, 0) is 20.1 Å². The average Bonchev–Trinajstić information content (AvgIpc) is 2.73. The van der Waals surface area contributed by atoms with Gasteiger partial charge in [0.1, 0.15) is 5.56 Å². The molecule has 0 atom stereocenters. The Morgan fingerprint density at radius 1 is 1.33 bits per heavy atom. The molecule has 0 aliphatic carbocycles. The highest BCUT2D eigenvalue weighted by molar-refractivity contribution is 5.88. The summed E-state index contributed by atoms with van der Waals surface area (Å²) in [7, 11) is 1.74. The zero-order valence-electron chi connectivity index (χ0n) is 10.1. The molecule has 0 unspecified atom stereocenters. The monoisotopic (exact) mass is 245 g/mol. The van der Waals surface area contributed by atoms with Crippen molar-refractivity contribution in [3.8, 4) is 0 Å². The van der Waals surface area contributed by atoms with Crippen LogP contribution in [0.4, 0.5) is 0 Å². The predicted octanol–water partition coefficient (Wildman–Crippen LogP) is 1.41. The van der Waals surface area contributed by atoms with Crippen LogP contribution in [0.3, 0.4) is 0 Å². The van der Waals surface area contributed by atoms with Gasteiger partial charge in [-0.25, -0.2) is 4.79 Å². The Labute approximate surface area is 105 Å². The molecule has 0 aliphatic rings. The fraction of sp³-hybridized carbons (Fsp3) is 0.231. The highest BCUT2D eigenvalue weighted by atomic mass is 16.4. The first kappa shape index (κ1) is 12.3. The maximum Gasteiger partial charge on any atom is 0.339 e. The van der Waals surface area contributed by atoms with Crippen molar-refractivity contribution in [2.45, 2.75) is 13.1 Å². The van der Waals surface area contributed by atoms with E-state index in [-0.39, 0.29) is 5.56 Å². The Balaban J connectivity index is 1.98. The van der Waals surface area contributed by atoms with E-state index in [9.17, 15) is 4.79 Å². The van der Waals surface area contributed by atoms with Crippen LogP contribution in [0, 0.1) is 0 Å². The minimum Gasteiger partial charge on any atom is -0.478 e. The topological polar surface area (TPSA) is 67.2 Å². The molecule has 0 saturated carbocycles. The van der Waals surface area contributed by atoms with E-state index in [0.717, 1.165) is 5.56 Å². The molecule has 2 N–H and O–H groups in total. The van der Waals surface area contributed by atoms with Crippen molar-refractivity contribution in [2.75, 3.05) is 0 Å². The number of aromatic nitrogens is 2. The predicted molar refractivity (Wildman–Crippen MR) is 67.2 cm³/mol. The summed E-state index contributed by atoms with van der Waals surface area (Å²) in [6, 6.07) is 9.96. The van der Waals surface area contributed by atoms with Crippen molar-refractivity contribution in [2.24, 2.45) is 7.05 Å². The van der Waals surface area contributed by atoms with Gasteiger partial charge < -0.3 is 10.4 Å². The minimum absolute atomic E-state index is 0.248. The van der Waals surface area contributed by atoms with E-state index in [4.69, 9.17) is 5.11 Å². The third-order valence-corrected chi connectivity index (χ3v) is 2.76. The zero-order chi connectivity index (χ0) is 13.0. The Morgan fingerprint density at radius 2 is 2.06 bits per heavy atom. The van der Waals surface area contributed by atoms with E-state index in [1.54, 1.807) is 11.7 Å². The lowest BCUT2D eigenvalue weighted by atomic mass is 10.2. The Hall–Kier alpha value is -2.14. The van der Waals surface area contributed by atoms with Gasteiger partial charge in [0, 0.05) is 20.1 Å². The number of hydrogen-bond donors (Lipinski definition) is 2. The number of aromatic carboxylic acids is 1. The lowest BCUT2D eigenvalue weighted by Crippen LogP contribution is -2.17. The first-order chi connectivity index (χ1) is 8.68. The third-order valence-electron chi connectivity index (χ3n) is 2.76. The number of carbonyl (C=O) groups is 1. The summed E-state index contributed by atoms with van der Waals surface area (Å²) < 4.78 is 1.58. The molecule has 0 saturated heterocycles. The molecule has 1 aromatic heterocycles. The van der Waals surface area contributed by atoms with Crippen molar-refractivity contribution < 1.29 is 9.90 Å². The van der Waals surface area contributed by atoms with Crippen molar-refractivity contribution in [3.05, 3.63) is 53.3 Å². The molecule has 0 bridgehead atoms. The van der Waals surface area contributed by atoms with Crippen molar-refractivity contribution in [1.82, 2.24) is 15.1 Å². The summed E-state index contributed by atoms with van der Waals surface area (Å²) in [5, 5.41) is 16.2. The second-order valence-corrected chi connectivity index (χ2v) is 4.02.